The second kappa shape index (κ2) is 9.48. The number of anilines is 1. The van der Waals surface area contributed by atoms with Crippen molar-refractivity contribution < 1.29 is 28.5 Å². The predicted octanol–water partition coefficient (Wildman–Crippen LogP) is 2.72. The molecule has 8 nitrogen and oxygen atoms in total. The van der Waals surface area contributed by atoms with Crippen molar-refractivity contribution in [1.82, 2.24) is 4.90 Å². The fourth-order valence-electron chi connectivity index (χ4n) is 4.18. The summed E-state index contributed by atoms with van der Waals surface area (Å²) >= 11 is 0. The minimum absolute atomic E-state index is 0.0520. The second-order valence-corrected chi connectivity index (χ2v) is 7.91. The van der Waals surface area contributed by atoms with Crippen LogP contribution >= 0.6 is 0 Å². The molecule has 2 aromatic carbocycles. The van der Waals surface area contributed by atoms with Gasteiger partial charge in [-0.15, -0.1) is 0 Å². The van der Waals surface area contributed by atoms with Gasteiger partial charge in [0.2, 0.25) is 5.91 Å². The minimum atomic E-state index is -0.124. The predicted molar refractivity (Wildman–Crippen MR) is 119 cm³/mol. The number of hydrogen-bond donors (Lipinski definition) is 1. The zero-order valence-corrected chi connectivity index (χ0v) is 18.6. The molecule has 0 aliphatic carbocycles. The van der Waals surface area contributed by atoms with Gasteiger partial charge in [-0.05, 0) is 41.8 Å². The maximum absolute atomic E-state index is 12.4. The van der Waals surface area contributed by atoms with Crippen LogP contribution in [0, 0.1) is 6.92 Å². The minimum Gasteiger partial charge on any atom is -0.496 e. The molecule has 0 bridgehead atoms. The average molecular weight is 440 g/mol. The molecule has 0 saturated carbocycles. The highest BCUT2D eigenvalue weighted by atomic mass is 16.5. The van der Waals surface area contributed by atoms with E-state index in [1.807, 2.05) is 25.1 Å². The largest absolute Gasteiger partial charge is 0.496 e. The van der Waals surface area contributed by atoms with E-state index in [4.69, 9.17) is 18.9 Å². The fraction of sp³-hybridized carbons (Fsp3) is 0.417. The zero-order chi connectivity index (χ0) is 22.7. The monoisotopic (exact) mass is 440 g/mol. The van der Waals surface area contributed by atoms with Crippen molar-refractivity contribution in [2.24, 2.45) is 0 Å². The van der Waals surface area contributed by atoms with Gasteiger partial charge >= 0.3 is 0 Å². The van der Waals surface area contributed by atoms with Gasteiger partial charge in [0.1, 0.15) is 5.75 Å². The molecule has 1 unspecified atom stereocenters. The number of carbonyl (C=O) groups excluding carboxylic acids is 2. The Morgan fingerprint density at radius 2 is 1.84 bits per heavy atom. The molecule has 0 aromatic heterocycles. The third-order valence-corrected chi connectivity index (χ3v) is 5.91. The lowest BCUT2D eigenvalue weighted by molar-refractivity contribution is -0.137. The van der Waals surface area contributed by atoms with Crippen molar-refractivity contribution in [3.63, 3.8) is 0 Å². The number of aryl methyl sites for hydroxylation is 1. The summed E-state index contributed by atoms with van der Waals surface area (Å²) in [5, 5.41) is 2.94. The molecule has 32 heavy (non-hydrogen) atoms. The van der Waals surface area contributed by atoms with E-state index in [2.05, 4.69) is 11.4 Å². The topological polar surface area (TPSA) is 86.3 Å². The van der Waals surface area contributed by atoms with E-state index in [-0.39, 0.29) is 24.3 Å². The Morgan fingerprint density at radius 1 is 1.09 bits per heavy atom. The molecule has 2 amide bonds. The molecule has 0 radical (unpaired) electrons. The third-order valence-electron chi connectivity index (χ3n) is 5.91. The third kappa shape index (κ3) is 4.50. The highest BCUT2D eigenvalue weighted by Crippen LogP contribution is 2.42. The first-order valence-corrected chi connectivity index (χ1v) is 10.6. The van der Waals surface area contributed by atoms with E-state index in [0.29, 0.717) is 44.2 Å². The van der Waals surface area contributed by atoms with Crippen molar-refractivity contribution in [3.8, 4) is 17.2 Å². The Bertz CT molecular complexity index is 1020. The normalized spacial score (nSPS) is 17.9. The van der Waals surface area contributed by atoms with Gasteiger partial charge in [0.15, 0.2) is 18.1 Å². The maximum Gasteiger partial charge on any atom is 0.260 e. The van der Waals surface area contributed by atoms with Crippen LogP contribution in [0.5, 0.6) is 17.2 Å². The van der Waals surface area contributed by atoms with E-state index in [1.54, 1.807) is 25.2 Å². The Morgan fingerprint density at radius 3 is 2.56 bits per heavy atom. The van der Waals surface area contributed by atoms with Gasteiger partial charge in [-0.3, -0.25) is 9.59 Å². The Labute approximate surface area is 187 Å². The van der Waals surface area contributed by atoms with Crippen LogP contribution in [0.1, 0.15) is 29.0 Å². The van der Waals surface area contributed by atoms with Crippen molar-refractivity contribution in [1.29, 1.82) is 0 Å². The van der Waals surface area contributed by atoms with Crippen LogP contribution in [0.25, 0.3) is 0 Å². The van der Waals surface area contributed by atoms with Crippen molar-refractivity contribution in [2.75, 3.05) is 52.4 Å². The smallest absolute Gasteiger partial charge is 0.260 e. The summed E-state index contributed by atoms with van der Waals surface area (Å²) in [6.45, 7) is 4.16. The molecule has 2 aromatic rings. The Kier molecular flexibility index (Phi) is 6.50. The molecule has 2 aliphatic rings. The lowest BCUT2D eigenvalue weighted by atomic mass is 9.84. The van der Waals surface area contributed by atoms with Gasteiger partial charge in [-0.25, -0.2) is 0 Å². The van der Waals surface area contributed by atoms with Crippen LogP contribution in [0.2, 0.25) is 0 Å². The summed E-state index contributed by atoms with van der Waals surface area (Å²) in [4.78, 5) is 26.5. The number of morpholine rings is 1. The van der Waals surface area contributed by atoms with Gasteiger partial charge < -0.3 is 29.2 Å². The summed E-state index contributed by atoms with van der Waals surface area (Å²) < 4.78 is 22.0. The highest BCUT2D eigenvalue weighted by Gasteiger charge is 2.28. The van der Waals surface area contributed by atoms with Gasteiger partial charge in [0.05, 0.1) is 27.4 Å². The van der Waals surface area contributed by atoms with Gasteiger partial charge in [-0.2, -0.15) is 0 Å². The molecule has 1 saturated heterocycles. The lowest BCUT2D eigenvalue weighted by Gasteiger charge is -2.28. The lowest BCUT2D eigenvalue weighted by Crippen LogP contribution is -2.43. The van der Waals surface area contributed by atoms with Crippen LogP contribution < -0.4 is 19.5 Å². The van der Waals surface area contributed by atoms with E-state index in [1.165, 1.54) is 0 Å². The van der Waals surface area contributed by atoms with Gasteiger partial charge in [-0.1, -0.05) is 6.07 Å². The van der Waals surface area contributed by atoms with E-state index in [9.17, 15) is 9.59 Å². The van der Waals surface area contributed by atoms with Crippen LogP contribution in [0.3, 0.4) is 0 Å². The van der Waals surface area contributed by atoms with Crippen molar-refractivity contribution >= 4 is 17.5 Å². The molecule has 8 heteroatoms. The first kappa shape index (κ1) is 22.0. The number of methoxy groups -OCH3 is 2. The molecule has 1 atom stereocenters. The number of nitrogens with one attached hydrogen (secondary N) is 1. The molecular weight excluding hydrogens is 412 g/mol. The van der Waals surface area contributed by atoms with Gasteiger partial charge in [0.25, 0.3) is 5.91 Å². The summed E-state index contributed by atoms with van der Waals surface area (Å²) in [7, 11) is 3.18. The maximum atomic E-state index is 12.4. The fourth-order valence-corrected chi connectivity index (χ4v) is 4.18. The van der Waals surface area contributed by atoms with E-state index < -0.39 is 0 Å². The summed E-state index contributed by atoms with van der Waals surface area (Å²) in [6, 6.07) is 9.50. The number of amides is 2. The quantitative estimate of drug-likeness (QED) is 0.743. The van der Waals surface area contributed by atoms with Crippen LogP contribution in [0.4, 0.5) is 5.69 Å². The van der Waals surface area contributed by atoms with Crippen molar-refractivity contribution in [2.45, 2.75) is 19.3 Å². The average Bonchev–Trinajstić information content (AvgIpc) is 2.82. The Balaban J connectivity index is 1.56. The first-order chi connectivity index (χ1) is 15.5. The van der Waals surface area contributed by atoms with E-state index in [0.717, 1.165) is 28.1 Å². The summed E-state index contributed by atoms with van der Waals surface area (Å²) in [5.74, 6) is 1.49. The second-order valence-electron chi connectivity index (χ2n) is 7.91. The number of carbonyl (C=O) groups is 2. The first-order valence-electron chi connectivity index (χ1n) is 10.6. The molecule has 2 aliphatic heterocycles. The number of benzene rings is 2. The molecule has 1 N–H and O–H groups in total. The number of fused-ring (bicyclic) bond motifs is 1. The number of nitrogens with zero attached hydrogens (tertiary/aromatic N) is 1. The Hall–Kier alpha value is -3.26. The van der Waals surface area contributed by atoms with Crippen LogP contribution in [-0.2, 0) is 14.3 Å². The van der Waals surface area contributed by atoms with Crippen LogP contribution in [0.15, 0.2) is 30.3 Å². The number of rotatable bonds is 6. The van der Waals surface area contributed by atoms with Crippen LogP contribution in [-0.4, -0.2) is 63.8 Å². The highest BCUT2D eigenvalue weighted by molar-refractivity contribution is 5.95. The summed E-state index contributed by atoms with van der Waals surface area (Å²) in [5.41, 5.74) is 3.72. The molecular formula is C24H28N2O6. The van der Waals surface area contributed by atoms with E-state index >= 15 is 0 Å². The molecule has 1 fully saturated rings. The van der Waals surface area contributed by atoms with Crippen molar-refractivity contribution in [3.05, 3.63) is 47.0 Å². The SMILES string of the molecule is COc1cc2c(cc1C)C(c1ccc(OCC(=O)N3CCOCC3)c(OC)c1)CC(=O)N2. The number of hydrogen-bond acceptors (Lipinski definition) is 6. The van der Waals surface area contributed by atoms with Gasteiger partial charge in [0, 0.05) is 37.2 Å². The molecule has 2 heterocycles. The standard InChI is InChI=1S/C24H28N2O6/c1-15-10-18-17(12-23(27)25-19(18)13-21(15)29-2)16-4-5-20(22(11-16)30-3)32-14-24(28)26-6-8-31-9-7-26/h4-5,10-11,13,17H,6-9,12,14H2,1-3H3,(H,25,27). The summed E-state index contributed by atoms with van der Waals surface area (Å²) in [6.07, 6.45) is 0.331. The molecule has 4 rings (SSSR count). The molecule has 170 valence electrons. The molecule has 0 spiro atoms. The number of ether oxygens (including phenoxy) is 4. The zero-order valence-electron chi connectivity index (χ0n) is 18.6.